The largest absolute Gasteiger partial charge is 0.389 e. The molecule has 6 heteroatoms. The third-order valence-corrected chi connectivity index (χ3v) is 3.31. The van der Waals surface area contributed by atoms with Gasteiger partial charge in [0.1, 0.15) is 0 Å². The molecule has 0 spiro atoms. The number of alkyl halides is 3. The first kappa shape index (κ1) is 16.3. The molecule has 0 radical (unpaired) electrons. The molecule has 0 aromatic carbocycles. The van der Waals surface area contributed by atoms with Crippen LogP contribution >= 0.6 is 0 Å². The summed E-state index contributed by atoms with van der Waals surface area (Å²) in [5.74, 6) is 0.335. The number of carbonyl (C=O) groups is 1. The van der Waals surface area contributed by atoms with E-state index in [0.717, 1.165) is 6.42 Å². The fourth-order valence-electron chi connectivity index (χ4n) is 2.40. The van der Waals surface area contributed by atoms with E-state index in [2.05, 4.69) is 5.32 Å². The molecule has 0 aliphatic carbocycles. The van der Waals surface area contributed by atoms with Gasteiger partial charge >= 0.3 is 6.18 Å². The van der Waals surface area contributed by atoms with Crippen molar-refractivity contribution in [1.29, 1.82) is 0 Å². The van der Waals surface area contributed by atoms with Gasteiger partial charge in [0.05, 0.1) is 12.2 Å². The maximum atomic E-state index is 12.2. The first-order valence-electron chi connectivity index (χ1n) is 6.88. The number of nitrogens with zero attached hydrogens (tertiary/aromatic N) is 1. The molecule has 0 bridgehead atoms. The Labute approximate surface area is 112 Å². The first-order chi connectivity index (χ1) is 8.74. The number of hydrogen-bond acceptors (Lipinski definition) is 2. The van der Waals surface area contributed by atoms with Gasteiger partial charge in [0.15, 0.2) is 0 Å². The molecule has 1 N–H and O–H groups in total. The number of amides is 1. The predicted octanol–water partition coefficient (Wildman–Crippen LogP) is 2.91. The van der Waals surface area contributed by atoms with E-state index < -0.39 is 12.6 Å². The molecule has 1 aliphatic heterocycles. The summed E-state index contributed by atoms with van der Waals surface area (Å²) in [5, 5.41) is 3.21. The fraction of sp³-hybridized carbons (Fsp3) is 0.923. The Balaban J connectivity index is 2.57. The van der Waals surface area contributed by atoms with Gasteiger partial charge in [0.2, 0.25) is 5.91 Å². The summed E-state index contributed by atoms with van der Waals surface area (Å²) in [6.07, 6.45) is -3.68. The maximum absolute atomic E-state index is 12.2. The second-order valence-corrected chi connectivity index (χ2v) is 5.52. The highest BCUT2D eigenvalue weighted by Gasteiger charge is 2.38. The fourth-order valence-corrected chi connectivity index (χ4v) is 2.40. The van der Waals surface area contributed by atoms with E-state index in [4.69, 9.17) is 0 Å². The zero-order valence-corrected chi connectivity index (χ0v) is 11.8. The summed E-state index contributed by atoms with van der Waals surface area (Å²) in [4.78, 5) is 13.6. The van der Waals surface area contributed by atoms with Crippen molar-refractivity contribution in [3.8, 4) is 0 Å². The Kier molecular flexibility index (Phi) is 5.64. The molecule has 0 saturated carbocycles. The average Bonchev–Trinajstić information content (AvgIpc) is 2.54. The molecule has 1 amide bonds. The smallest absolute Gasteiger partial charge is 0.326 e. The van der Waals surface area contributed by atoms with Crippen LogP contribution in [0.2, 0.25) is 0 Å². The van der Waals surface area contributed by atoms with Gasteiger partial charge in [-0.25, -0.2) is 0 Å². The Morgan fingerprint density at radius 1 is 1.37 bits per heavy atom. The van der Waals surface area contributed by atoms with E-state index in [-0.39, 0.29) is 31.1 Å². The average molecular weight is 280 g/mol. The minimum atomic E-state index is -4.14. The van der Waals surface area contributed by atoms with Crippen LogP contribution in [-0.4, -0.2) is 35.7 Å². The van der Waals surface area contributed by atoms with Gasteiger partial charge in [-0.1, -0.05) is 20.8 Å². The number of nitrogens with one attached hydrogen (secondary N) is 1. The van der Waals surface area contributed by atoms with Crippen molar-refractivity contribution in [3.05, 3.63) is 0 Å². The number of halogens is 3. The third-order valence-electron chi connectivity index (χ3n) is 3.31. The molecule has 19 heavy (non-hydrogen) atoms. The quantitative estimate of drug-likeness (QED) is 0.811. The Morgan fingerprint density at radius 3 is 2.47 bits per heavy atom. The van der Waals surface area contributed by atoms with Gasteiger partial charge in [-0.3, -0.25) is 10.1 Å². The van der Waals surface area contributed by atoms with Gasteiger partial charge in [-0.05, 0) is 25.2 Å². The van der Waals surface area contributed by atoms with E-state index >= 15 is 0 Å². The molecule has 1 saturated heterocycles. The van der Waals surface area contributed by atoms with E-state index in [1.54, 1.807) is 4.90 Å². The van der Waals surface area contributed by atoms with Crippen LogP contribution < -0.4 is 5.32 Å². The van der Waals surface area contributed by atoms with Crippen LogP contribution in [0.15, 0.2) is 0 Å². The number of hydrogen-bond donors (Lipinski definition) is 1. The van der Waals surface area contributed by atoms with Crippen molar-refractivity contribution < 1.29 is 18.0 Å². The van der Waals surface area contributed by atoms with Crippen molar-refractivity contribution in [2.24, 2.45) is 5.92 Å². The molecule has 2 atom stereocenters. The summed E-state index contributed by atoms with van der Waals surface area (Å²) < 4.78 is 36.5. The molecule has 3 nitrogen and oxygen atoms in total. The normalized spacial score (nSPS) is 24.6. The molecule has 1 aliphatic rings. The molecule has 1 fully saturated rings. The molecular weight excluding hydrogens is 257 g/mol. The Morgan fingerprint density at radius 2 is 2.00 bits per heavy atom. The summed E-state index contributed by atoms with van der Waals surface area (Å²) in [6, 6.07) is -0.241. The second kappa shape index (κ2) is 6.59. The monoisotopic (exact) mass is 280 g/mol. The van der Waals surface area contributed by atoms with E-state index in [1.807, 2.05) is 20.8 Å². The lowest BCUT2D eigenvalue weighted by molar-refractivity contribution is -0.140. The summed E-state index contributed by atoms with van der Waals surface area (Å²) >= 11 is 0. The number of rotatable bonds is 6. The van der Waals surface area contributed by atoms with E-state index in [0.29, 0.717) is 12.3 Å². The van der Waals surface area contributed by atoms with Gasteiger partial charge in [-0.2, -0.15) is 13.2 Å². The Bertz CT molecular complexity index is 305. The maximum Gasteiger partial charge on any atom is 0.389 e. The first-order valence-corrected chi connectivity index (χ1v) is 6.88. The van der Waals surface area contributed by atoms with Crippen molar-refractivity contribution in [3.63, 3.8) is 0 Å². The number of carbonyl (C=O) groups excluding carboxylic acids is 1. The van der Waals surface area contributed by atoms with E-state index in [1.165, 1.54) is 0 Å². The molecule has 0 aromatic rings. The van der Waals surface area contributed by atoms with Crippen LogP contribution in [0.3, 0.4) is 0 Å². The summed E-state index contributed by atoms with van der Waals surface area (Å²) in [6.45, 7) is 6.17. The summed E-state index contributed by atoms with van der Waals surface area (Å²) in [5.41, 5.74) is 0. The standard InChI is InChI=1S/C13H23F3N2O/c1-4-10-12(19)18(7-5-6-13(14,15)16)11(17-10)8-9(2)3/h9-11,17H,4-8H2,1-3H3. The van der Waals surface area contributed by atoms with Crippen LogP contribution in [0.1, 0.15) is 46.5 Å². The van der Waals surface area contributed by atoms with Crippen molar-refractivity contribution >= 4 is 5.91 Å². The van der Waals surface area contributed by atoms with Gasteiger partial charge in [-0.15, -0.1) is 0 Å². The molecule has 0 aromatic heterocycles. The SMILES string of the molecule is CCC1NC(CC(C)C)N(CCCC(F)(F)F)C1=O. The van der Waals surface area contributed by atoms with Gasteiger partial charge in [0.25, 0.3) is 0 Å². The molecule has 112 valence electrons. The topological polar surface area (TPSA) is 32.3 Å². The summed E-state index contributed by atoms with van der Waals surface area (Å²) in [7, 11) is 0. The second-order valence-electron chi connectivity index (χ2n) is 5.52. The minimum absolute atomic E-state index is 0.0258. The zero-order chi connectivity index (χ0) is 14.6. The van der Waals surface area contributed by atoms with Crippen LogP contribution in [0, 0.1) is 5.92 Å². The predicted molar refractivity (Wildman–Crippen MR) is 67.5 cm³/mol. The van der Waals surface area contributed by atoms with Crippen LogP contribution in [0.4, 0.5) is 13.2 Å². The van der Waals surface area contributed by atoms with Crippen LogP contribution in [0.25, 0.3) is 0 Å². The molecule has 1 heterocycles. The minimum Gasteiger partial charge on any atom is -0.326 e. The lowest BCUT2D eigenvalue weighted by atomic mass is 10.1. The van der Waals surface area contributed by atoms with Gasteiger partial charge in [0, 0.05) is 13.0 Å². The molecular formula is C13H23F3N2O. The molecule has 1 rings (SSSR count). The highest BCUT2D eigenvalue weighted by atomic mass is 19.4. The highest BCUT2D eigenvalue weighted by Crippen LogP contribution is 2.24. The molecule has 2 unspecified atom stereocenters. The lowest BCUT2D eigenvalue weighted by Gasteiger charge is -2.25. The van der Waals surface area contributed by atoms with Crippen molar-refractivity contribution in [2.75, 3.05) is 6.54 Å². The van der Waals surface area contributed by atoms with Crippen molar-refractivity contribution in [2.45, 2.75) is 64.8 Å². The van der Waals surface area contributed by atoms with Crippen LogP contribution in [0.5, 0.6) is 0 Å². The van der Waals surface area contributed by atoms with Gasteiger partial charge < -0.3 is 4.90 Å². The van der Waals surface area contributed by atoms with Crippen LogP contribution in [-0.2, 0) is 4.79 Å². The lowest BCUT2D eigenvalue weighted by Crippen LogP contribution is -2.39. The zero-order valence-electron chi connectivity index (χ0n) is 11.8. The van der Waals surface area contributed by atoms with E-state index in [9.17, 15) is 18.0 Å². The third kappa shape index (κ3) is 5.01. The Hall–Kier alpha value is -0.780. The highest BCUT2D eigenvalue weighted by molar-refractivity contribution is 5.84. The van der Waals surface area contributed by atoms with Crippen molar-refractivity contribution in [1.82, 2.24) is 10.2 Å².